The lowest BCUT2D eigenvalue weighted by Gasteiger charge is -2.08. The van der Waals surface area contributed by atoms with E-state index >= 15 is 0 Å². The van der Waals surface area contributed by atoms with Crippen molar-refractivity contribution in [3.05, 3.63) is 76.8 Å². The van der Waals surface area contributed by atoms with Gasteiger partial charge in [0, 0.05) is 16.7 Å². The molecule has 0 unspecified atom stereocenters. The lowest BCUT2D eigenvalue weighted by atomic mass is 10.00. The van der Waals surface area contributed by atoms with Gasteiger partial charge in [-0.15, -0.1) is 0 Å². The molecule has 0 atom stereocenters. The Hall–Kier alpha value is -2.26. The average molecular weight is 286 g/mol. The monoisotopic (exact) mass is 285 g/mol. The molecule has 1 aliphatic rings. The zero-order valence-electron chi connectivity index (χ0n) is 10.6. The quantitative estimate of drug-likeness (QED) is 0.700. The van der Waals surface area contributed by atoms with Crippen molar-refractivity contribution in [3.8, 4) is 0 Å². The number of hydrogen-bond acceptors (Lipinski definition) is 1. The van der Waals surface area contributed by atoms with E-state index in [-0.39, 0.29) is 5.82 Å². The molecule has 0 N–H and O–H groups in total. The summed E-state index contributed by atoms with van der Waals surface area (Å²) >= 11 is 6.06. The minimum atomic E-state index is -0.317. The van der Waals surface area contributed by atoms with Crippen molar-refractivity contribution in [1.82, 2.24) is 0 Å². The van der Waals surface area contributed by atoms with Crippen molar-refractivity contribution in [1.29, 1.82) is 0 Å². The molecule has 0 saturated heterocycles. The molecule has 2 aromatic rings. The van der Waals surface area contributed by atoms with E-state index in [4.69, 9.17) is 11.6 Å². The third-order valence-corrected chi connectivity index (χ3v) is 3.34. The lowest BCUT2D eigenvalue weighted by molar-refractivity contribution is -0.349. The van der Waals surface area contributed by atoms with Crippen LogP contribution in [0, 0.1) is 5.82 Å². The predicted molar refractivity (Wildman–Crippen MR) is 79.7 cm³/mol. The lowest BCUT2D eigenvalue weighted by Crippen LogP contribution is -2.07. The largest absolute Gasteiger partial charge is 0.249 e. The Morgan fingerprint density at radius 2 is 1.90 bits per heavy atom. The molecule has 0 radical (unpaired) electrons. The van der Waals surface area contributed by atoms with Crippen LogP contribution in [0.5, 0.6) is 0 Å². The molecule has 0 bridgehead atoms. The maximum atomic E-state index is 14.0. The highest BCUT2D eigenvalue weighted by atomic mass is 35.5. The van der Waals surface area contributed by atoms with Crippen LogP contribution < -0.4 is 0 Å². The maximum absolute atomic E-state index is 14.0. The van der Waals surface area contributed by atoms with E-state index in [9.17, 15) is 4.39 Å². The van der Waals surface area contributed by atoms with E-state index in [0.29, 0.717) is 16.3 Å². The molecule has 0 spiro atoms. The fourth-order valence-electron chi connectivity index (χ4n) is 2.15. The summed E-state index contributed by atoms with van der Waals surface area (Å²) in [4.78, 5) is 4.34. The number of halogens is 2. The highest BCUT2D eigenvalue weighted by Crippen LogP contribution is 2.28. The number of nitrogens with zero attached hydrogens (tertiary/aromatic N) is 2. The summed E-state index contributed by atoms with van der Waals surface area (Å²) in [5.74, 6) is -0.317. The first kappa shape index (κ1) is 12.8. The molecular weight excluding hydrogens is 275 g/mol. The van der Waals surface area contributed by atoms with Gasteiger partial charge >= 0.3 is 0 Å². The van der Waals surface area contributed by atoms with Gasteiger partial charge < -0.3 is 0 Å². The van der Waals surface area contributed by atoms with Crippen molar-refractivity contribution < 1.29 is 8.97 Å². The van der Waals surface area contributed by atoms with Gasteiger partial charge in [-0.1, -0.05) is 23.7 Å². The first-order valence-corrected chi connectivity index (χ1v) is 6.43. The second-order valence-corrected chi connectivity index (χ2v) is 4.82. The van der Waals surface area contributed by atoms with Crippen LogP contribution in [0.15, 0.2) is 59.9 Å². The zero-order chi connectivity index (χ0) is 14.1. The standard InChI is InChI=1S/C16H11ClFN2/c1-20-9-8-19-16(12-4-2-3-5-14(12)18)13-10-11(17)6-7-15(13)20/h2-10H,1H2/q+1. The molecule has 98 valence electrons. The third kappa shape index (κ3) is 2.17. The Labute approximate surface area is 121 Å². The van der Waals surface area contributed by atoms with E-state index < -0.39 is 0 Å². The third-order valence-electron chi connectivity index (χ3n) is 3.10. The van der Waals surface area contributed by atoms with E-state index in [1.807, 2.05) is 6.07 Å². The van der Waals surface area contributed by atoms with E-state index in [2.05, 4.69) is 11.7 Å². The van der Waals surface area contributed by atoms with Gasteiger partial charge in [0.05, 0.1) is 17.5 Å². The Morgan fingerprint density at radius 3 is 2.70 bits per heavy atom. The average Bonchev–Trinajstić information content (AvgIpc) is 2.59. The van der Waals surface area contributed by atoms with Gasteiger partial charge in [0.1, 0.15) is 12.5 Å². The van der Waals surface area contributed by atoms with Crippen molar-refractivity contribution in [2.45, 2.75) is 0 Å². The van der Waals surface area contributed by atoms with E-state index in [1.54, 1.807) is 47.3 Å². The minimum Gasteiger partial charge on any atom is -0.249 e. The van der Waals surface area contributed by atoms with Crippen molar-refractivity contribution in [2.24, 2.45) is 4.99 Å². The number of fused-ring (bicyclic) bond motifs is 1. The van der Waals surface area contributed by atoms with Gasteiger partial charge in [0.2, 0.25) is 5.69 Å². The van der Waals surface area contributed by atoms with Crippen LogP contribution in [-0.2, 0) is 0 Å². The molecule has 20 heavy (non-hydrogen) atoms. The predicted octanol–water partition coefficient (Wildman–Crippen LogP) is 4.15. The first-order chi connectivity index (χ1) is 9.66. The highest BCUT2D eigenvalue weighted by molar-refractivity contribution is 6.31. The molecule has 0 fully saturated rings. The summed E-state index contributed by atoms with van der Waals surface area (Å²) in [6.45, 7) is 3.92. The smallest absolute Gasteiger partial charge is 0.219 e. The highest BCUT2D eigenvalue weighted by Gasteiger charge is 2.22. The molecule has 0 aliphatic carbocycles. The fraction of sp³-hybridized carbons (Fsp3) is 0. The van der Waals surface area contributed by atoms with Gasteiger partial charge in [-0.3, -0.25) is 0 Å². The molecule has 3 rings (SSSR count). The maximum Gasteiger partial charge on any atom is 0.219 e. The van der Waals surface area contributed by atoms with Crippen LogP contribution in [0.3, 0.4) is 0 Å². The SMILES string of the molecule is C=[N+]1C=CN=C(c2ccccc2F)c2cc(Cl)ccc21. The number of hydrogen-bond donors (Lipinski definition) is 0. The van der Waals surface area contributed by atoms with Crippen molar-refractivity contribution >= 4 is 29.7 Å². The van der Waals surface area contributed by atoms with Crippen LogP contribution in [0.1, 0.15) is 11.1 Å². The zero-order valence-corrected chi connectivity index (χ0v) is 11.3. The minimum absolute atomic E-state index is 0.317. The molecule has 1 aliphatic heterocycles. The Balaban J connectivity index is 2.28. The van der Waals surface area contributed by atoms with Gasteiger partial charge in [-0.05, 0) is 24.3 Å². The van der Waals surface area contributed by atoms with Gasteiger partial charge in [0.15, 0.2) is 6.20 Å². The molecular formula is C16H11ClFN2+. The molecule has 0 aromatic heterocycles. The van der Waals surface area contributed by atoms with Crippen LogP contribution in [-0.4, -0.2) is 17.0 Å². The topological polar surface area (TPSA) is 15.4 Å². The molecule has 4 heteroatoms. The van der Waals surface area contributed by atoms with Crippen LogP contribution >= 0.6 is 11.6 Å². The summed E-state index contributed by atoms with van der Waals surface area (Å²) in [5, 5.41) is 0.572. The Bertz CT molecular complexity index is 763. The molecule has 2 nitrogen and oxygen atoms in total. The van der Waals surface area contributed by atoms with Gasteiger partial charge in [0.25, 0.3) is 0 Å². The van der Waals surface area contributed by atoms with Crippen LogP contribution in [0.4, 0.5) is 10.1 Å². The summed E-state index contributed by atoms with van der Waals surface area (Å²) in [6, 6.07) is 11.9. The molecule has 2 aromatic carbocycles. The number of rotatable bonds is 1. The molecule has 1 heterocycles. The molecule has 0 saturated carbocycles. The van der Waals surface area contributed by atoms with E-state index in [0.717, 1.165) is 11.3 Å². The van der Waals surface area contributed by atoms with Crippen molar-refractivity contribution in [2.75, 3.05) is 0 Å². The Kier molecular flexibility index (Phi) is 3.20. The summed E-state index contributed by atoms with van der Waals surface area (Å²) in [5.41, 5.74) is 2.56. The summed E-state index contributed by atoms with van der Waals surface area (Å²) in [6.07, 6.45) is 3.32. The van der Waals surface area contributed by atoms with Crippen LogP contribution in [0.25, 0.3) is 0 Å². The molecule has 0 amide bonds. The fourth-order valence-corrected chi connectivity index (χ4v) is 2.33. The Morgan fingerprint density at radius 1 is 1.10 bits per heavy atom. The number of benzene rings is 2. The van der Waals surface area contributed by atoms with Gasteiger partial charge in [-0.25, -0.2) is 9.38 Å². The van der Waals surface area contributed by atoms with Crippen LogP contribution in [0.2, 0.25) is 5.02 Å². The van der Waals surface area contributed by atoms with Crippen molar-refractivity contribution in [3.63, 3.8) is 0 Å². The number of aliphatic imine (C=N–C) groups is 1. The summed E-state index contributed by atoms with van der Waals surface area (Å²) in [7, 11) is 0. The second kappa shape index (κ2) is 5.02. The second-order valence-electron chi connectivity index (χ2n) is 4.39. The van der Waals surface area contributed by atoms with E-state index in [1.165, 1.54) is 6.07 Å². The summed E-state index contributed by atoms with van der Waals surface area (Å²) < 4.78 is 15.7. The normalized spacial score (nSPS) is 13.7. The first-order valence-electron chi connectivity index (χ1n) is 6.06. The van der Waals surface area contributed by atoms with Gasteiger partial charge in [-0.2, -0.15) is 4.58 Å².